The van der Waals surface area contributed by atoms with Gasteiger partial charge in [0.05, 0.1) is 0 Å². The van der Waals surface area contributed by atoms with E-state index < -0.39 is 0 Å². The first-order valence-corrected chi connectivity index (χ1v) is 11.1. The van der Waals surface area contributed by atoms with E-state index in [4.69, 9.17) is 6.58 Å². The molecule has 0 aromatic heterocycles. The third-order valence-corrected chi connectivity index (χ3v) is 4.30. The van der Waals surface area contributed by atoms with Crippen LogP contribution in [0.1, 0.15) is 77.6 Å². The van der Waals surface area contributed by atoms with E-state index in [-0.39, 0.29) is 0 Å². The van der Waals surface area contributed by atoms with Crippen molar-refractivity contribution in [1.82, 2.24) is 0 Å². The molecule has 153 valence electrons. The van der Waals surface area contributed by atoms with Crippen LogP contribution in [0.15, 0.2) is 91.1 Å². The van der Waals surface area contributed by atoms with Gasteiger partial charge < -0.3 is 0 Å². The molecule has 0 spiro atoms. The predicted octanol–water partition coefficient (Wildman–Crippen LogP) is 9.18. The largest absolute Gasteiger partial charge is 0.0845 e. The fourth-order valence-corrected chi connectivity index (χ4v) is 2.69. The number of hydrogen-bond acceptors (Lipinski definition) is 0. The van der Waals surface area contributed by atoms with E-state index in [0.717, 1.165) is 0 Å². The highest BCUT2D eigenvalue weighted by molar-refractivity contribution is 5.20. The molecule has 0 fully saturated rings. The Balaban J connectivity index is 3.51. The van der Waals surface area contributed by atoms with Crippen LogP contribution >= 0.6 is 0 Å². The van der Waals surface area contributed by atoms with Gasteiger partial charge in [0, 0.05) is 0 Å². The Bertz CT molecular complexity index is 520. The topological polar surface area (TPSA) is 0 Å². The van der Waals surface area contributed by atoms with Crippen molar-refractivity contribution in [2.24, 2.45) is 0 Å². The van der Waals surface area contributed by atoms with Gasteiger partial charge >= 0.3 is 0 Å². The minimum Gasteiger partial charge on any atom is -0.0845 e. The maximum atomic E-state index is 5.23. The highest BCUT2D eigenvalue weighted by atomic mass is 14.0. The first-order valence-electron chi connectivity index (χ1n) is 11.1. The molecule has 0 unspecified atom stereocenters. The Morgan fingerprint density at radius 2 is 0.786 bits per heavy atom. The monoisotopic (exact) mass is 377 g/mol. The summed E-state index contributed by atoms with van der Waals surface area (Å²) in [7, 11) is 0. The molecule has 0 amide bonds. The fourth-order valence-electron chi connectivity index (χ4n) is 2.69. The molecule has 1 radical (unpaired) electrons. The van der Waals surface area contributed by atoms with Crippen molar-refractivity contribution in [3.05, 3.63) is 97.7 Å². The van der Waals surface area contributed by atoms with Crippen molar-refractivity contribution in [3.63, 3.8) is 0 Å². The second-order valence-corrected chi connectivity index (χ2v) is 6.90. The highest BCUT2D eigenvalue weighted by Crippen LogP contribution is 2.11. The predicted molar refractivity (Wildman–Crippen MR) is 129 cm³/mol. The first-order chi connectivity index (χ1) is 13.9. The summed E-state index contributed by atoms with van der Waals surface area (Å²) in [4.78, 5) is 0. The molecule has 0 atom stereocenters. The van der Waals surface area contributed by atoms with Crippen LogP contribution in [0.3, 0.4) is 0 Å². The van der Waals surface area contributed by atoms with Crippen molar-refractivity contribution in [2.45, 2.75) is 77.6 Å². The molecule has 0 aliphatic heterocycles. The summed E-state index contributed by atoms with van der Waals surface area (Å²) in [5, 5.41) is 0. The lowest BCUT2D eigenvalue weighted by atomic mass is 10.1. The van der Waals surface area contributed by atoms with Gasteiger partial charge in [0.15, 0.2) is 0 Å². The normalized spacial score (nSPS) is 13.2. The van der Waals surface area contributed by atoms with Gasteiger partial charge in [0.2, 0.25) is 0 Å². The zero-order chi connectivity index (χ0) is 20.4. The van der Waals surface area contributed by atoms with Crippen LogP contribution in [-0.4, -0.2) is 0 Å². The summed E-state index contributed by atoms with van der Waals surface area (Å²) in [6.45, 7) is 7.51. The average Bonchev–Trinajstić information content (AvgIpc) is 2.71. The van der Waals surface area contributed by atoms with Crippen molar-refractivity contribution in [3.8, 4) is 0 Å². The summed E-state index contributed by atoms with van der Waals surface area (Å²) < 4.78 is 0. The van der Waals surface area contributed by atoms with E-state index in [1.165, 1.54) is 76.7 Å². The maximum absolute atomic E-state index is 5.23. The van der Waals surface area contributed by atoms with Gasteiger partial charge in [-0.25, -0.2) is 0 Å². The molecule has 0 heteroatoms. The van der Waals surface area contributed by atoms with Gasteiger partial charge in [-0.05, 0) is 12.8 Å². The number of hydrogen-bond donors (Lipinski definition) is 0. The van der Waals surface area contributed by atoms with E-state index in [2.05, 4.69) is 31.2 Å². The lowest BCUT2D eigenvalue weighted by Gasteiger charge is -2.01. The van der Waals surface area contributed by atoms with Crippen LogP contribution in [0, 0.1) is 6.58 Å². The average molecular weight is 378 g/mol. The molecule has 0 aromatic carbocycles. The number of allylic oxidation sites excluding steroid dienone is 15. The minimum absolute atomic E-state index is 1.20. The quantitative estimate of drug-likeness (QED) is 0.165. The molecule has 0 N–H and O–H groups in total. The van der Waals surface area contributed by atoms with E-state index in [1.807, 2.05) is 54.7 Å². The lowest BCUT2D eigenvalue weighted by molar-refractivity contribution is 0.557. The summed E-state index contributed by atoms with van der Waals surface area (Å²) in [5.74, 6) is 0. The van der Waals surface area contributed by atoms with E-state index in [0.29, 0.717) is 0 Å². The van der Waals surface area contributed by atoms with Gasteiger partial charge in [0.25, 0.3) is 0 Å². The molecule has 0 heterocycles. The molecule has 28 heavy (non-hydrogen) atoms. The zero-order valence-electron chi connectivity index (χ0n) is 18.0. The molecule has 0 aliphatic rings. The summed E-state index contributed by atoms with van der Waals surface area (Å²) in [5.41, 5.74) is 0. The van der Waals surface area contributed by atoms with Gasteiger partial charge in [-0.15, -0.1) is 0 Å². The maximum Gasteiger partial charge on any atom is -0.0348 e. The van der Waals surface area contributed by atoms with Gasteiger partial charge in [0.1, 0.15) is 0 Å². The summed E-state index contributed by atoms with van der Waals surface area (Å²) >= 11 is 0. The third kappa shape index (κ3) is 23.9. The second kappa shape index (κ2) is 24.9. The Hall–Kier alpha value is -2.08. The SMILES string of the molecule is [CH]=C/C=C/C=C/C=C/C=C/C=C/C=C/C=C/CCCCCCCCCCCC. The van der Waals surface area contributed by atoms with E-state index >= 15 is 0 Å². The van der Waals surface area contributed by atoms with E-state index in [9.17, 15) is 0 Å². The fraction of sp³-hybridized carbons (Fsp3) is 0.429. The van der Waals surface area contributed by atoms with Crippen molar-refractivity contribution >= 4 is 0 Å². The molecule has 0 bridgehead atoms. The standard InChI is InChI=1S/C28H41/c1-3-5-7-9-11-13-15-17-19-21-23-25-27-28-26-24-22-20-18-16-14-12-10-8-6-4-2/h1,3,5,7,9,11,13,15,17,19,21,23,25-28H,4,6,8,10,12,14,16,18,20,22,24H2,2H3/b3-1?,7-5+,11-9+,15-13+,19-17+,23-21+,27-25+,28-26+. The van der Waals surface area contributed by atoms with Crippen molar-refractivity contribution < 1.29 is 0 Å². The molecule has 0 aliphatic carbocycles. The first kappa shape index (κ1) is 25.9. The molecule has 0 saturated carbocycles. The Morgan fingerprint density at radius 3 is 1.21 bits per heavy atom. The van der Waals surface area contributed by atoms with Crippen LogP contribution in [-0.2, 0) is 0 Å². The Labute approximate surface area is 175 Å². The highest BCUT2D eigenvalue weighted by Gasteiger charge is 1.91. The van der Waals surface area contributed by atoms with Crippen molar-refractivity contribution in [1.29, 1.82) is 0 Å². The number of unbranched alkanes of at least 4 members (excludes halogenated alkanes) is 10. The summed E-state index contributed by atoms with van der Waals surface area (Å²) in [6, 6.07) is 0. The number of rotatable bonds is 18. The molecular formula is C28H41. The Kier molecular flexibility index (Phi) is 23.1. The molecule has 0 rings (SSSR count). The summed E-state index contributed by atoms with van der Waals surface area (Å²) in [6.07, 6.45) is 45.0. The van der Waals surface area contributed by atoms with Crippen LogP contribution in [0.2, 0.25) is 0 Å². The Morgan fingerprint density at radius 1 is 0.429 bits per heavy atom. The van der Waals surface area contributed by atoms with Gasteiger partial charge in [-0.1, -0.05) is 162 Å². The second-order valence-electron chi connectivity index (χ2n) is 6.90. The van der Waals surface area contributed by atoms with Crippen LogP contribution in [0.5, 0.6) is 0 Å². The van der Waals surface area contributed by atoms with E-state index in [1.54, 1.807) is 6.08 Å². The van der Waals surface area contributed by atoms with Crippen molar-refractivity contribution in [2.75, 3.05) is 0 Å². The minimum atomic E-state index is 1.20. The molecule has 0 aromatic rings. The molecular weight excluding hydrogens is 336 g/mol. The molecule has 0 nitrogen and oxygen atoms in total. The van der Waals surface area contributed by atoms with Gasteiger partial charge in [-0.2, -0.15) is 0 Å². The molecule has 0 saturated heterocycles. The third-order valence-electron chi connectivity index (χ3n) is 4.30. The van der Waals surface area contributed by atoms with Crippen LogP contribution < -0.4 is 0 Å². The van der Waals surface area contributed by atoms with Gasteiger partial charge in [-0.3, -0.25) is 0 Å². The van der Waals surface area contributed by atoms with Crippen LogP contribution in [0.25, 0.3) is 0 Å². The lowest BCUT2D eigenvalue weighted by Crippen LogP contribution is -1.81. The zero-order valence-corrected chi connectivity index (χ0v) is 18.0. The van der Waals surface area contributed by atoms with Crippen LogP contribution in [0.4, 0.5) is 0 Å². The smallest absolute Gasteiger partial charge is 0.0348 e.